The summed E-state index contributed by atoms with van der Waals surface area (Å²) in [5, 5.41) is 9.48. The minimum Gasteiger partial charge on any atom is -0.250 e. The van der Waals surface area contributed by atoms with E-state index in [1.165, 1.54) is 23.5 Å². The molecule has 0 unspecified atom stereocenters. The Morgan fingerprint density at radius 2 is 2.05 bits per heavy atom. The summed E-state index contributed by atoms with van der Waals surface area (Å²) in [5.41, 5.74) is 0.796. The van der Waals surface area contributed by atoms with E-state index in [2.05, 4.69) is 9.71 Å². The second-order valence-corrected chi connectivity index (χ2v) is 7.24. The Balaban J connectivity index is 2.08. The van der Waals surface area contributed by atoms with Crippen LogP contribution in [0, 0.1) is 18.3 Å². The molecule has 0 aliphatic rings. The number of aromatic nitrogens is 1. The van der Waals surface area contributed by atoms with Gasteiger partial charge in [-0.2, -0.15) is 5.26 Å². The number of nitriles is 1. The molecule has 1 heterocycles. The van der Waals surface area contributed by atoms with Gasteiger partial charge in [0.15, 0.2) is 0 Å². The van der Waals surface area contributed by atoms with Crippen LogP contribution in [0.15, 0.2) is 35.4 Å². The number of nitrogens with one attached hydrogen (secondary N) is 1. The first-order valence-corrected chi connectivity index (χ1v) is 8.18. The van der Waals surface area contributed by atoms with Crippen LogP contribution in [0.1, 0.15) is 15.4 Å². The van der Waals surface area contributed by atoms with Crippen LogP contribution >= 0.6 is 11.3 Å². The lowest BCUT2D eigenvalue weighted by Gasteiger charge is -2.05. The Morgan fingerprint density at radius 1 is 1.35 bits per heavy atom. The Bertz CT molecular complexity index is 728. The van der Waals surface area contributed by atoms with Gasteiger partial charge in [-0.1, -0.05) is 12.1 Å². The highest BCUT2D eigenvalue weighted by Crippen LogP contribution is 2.14. The Kier molecular flexibility index (Phi) is 4.49. The van der Waals surface area contributed by atoms with Crippen molar-refractivity contribution >= 4 is 21.4 Å². The van der Waals surface area contributed by atoms with E-state index in [1.54, 1.807) is 18.3 Å². The molecule has 1 aromatic heterocycles. The van der Waals surface area contributed by atoms with Gasteiger partial charge in [-0.05, 0) is 24.6 Å². The normalized spacial score (nSPS) is 11.2. The van der Waals surface area contributed by atoms with Gasteiger partial charge in [0.1, 0.15) is 0 Å². The molecule has 5 nitrogen and oxygen atoms in total. The SMILES string of the molecule is Cc1ncc(CNS(=O)(=O)c2ccc(CC#N)cc2)s1. The van der Waals surface area contributed by atoms with Crippen LogP contribution in [-0.2, 0) is 23.0 Å². The molecule has 1 aromatic carbocycles. The van der Waals surface area contributed by atoms with Crippen molar-refractivity contribution in [2.45, 2.75) is 24.8 Å². The van der Waals surface area contributed by atoms with Crippen LogP contribution in [-0.4, -0.2) is 13.4 Å². The molecule has 7 heteroatoms. The Labute approximate surface area is 122 Å². The number of sulfonamides is 1. The molecule has 0 aliphatic heterocycles. The first-order valence-electron chi connectivity index (χ1n) is 5.88. The van der Waals surface area contributed by atoms with Crippen LogP contribution in [0.5, 0.6) is 0 Å². The van der Waals surface area contributed by atoms with E-state index in [0.717, 1.165) is 15.4 Å². The highest BCUT2D eigenvalue weighted by molar-refractivity contribution is 7.89. The molecule has 0 bridgehead atoms. The Morgan fingerprint density at radius 3 is 2.60 bits per heavy atom. The molecule has 0 spiro atoms. The van der Waals surface area contributed by atoms with E-state index in [1.807, 2.05) is 13.0 Å². The number of hydrogen-bond acceptors (Lipinski definition) is 5. The third kappa shape index (κ3) is 3.63. The summed E-state index contributed by atoms with van der Waals surface area (Å²) in [6.07, 6.45) is 1.94. The lowest BCUT2D eigenvalue weighted by atomic mass is 10.2. The highest BCUT2D eigenvalue weighted by atomic mass is 32.2. The maximum atomic E-state index is 12.1. The van der Waals surface area contributed by atoms with Gasteiger partial charge in [-0.15, -0.1) is 11.3 Å². The molecule has 0 fully saturated rings. The summed E-state index contributed by atoms with van der Waals surface area (Å²) < 4.78 is 26.7. The van der Waals surface area contributed by atoms with E-state index in [-0.39, 0.29) is 17.9 Å². The number of rotatable bonds is 5. The van der Waals surface area contributed by atoms with Gasteiger partial charge in [0.25, 0.3) is 0 Å². The molecule has 0 saturated carbocycles. The zero-order chi connectivity index (χ0) is 14.6. The lowest BCUT2D eigenvalue weighted by molar-refractivity contribution is 0.582. The second kappa shape index (κ2) is 6.13. The van der Waals surface area contributed by atoms with Crippen molar-refractivity contribution in [3.05, 3.63) is 45.9 Å². The molecular formula is C13H13N3O2S2. The smallest absolute Gasteiger partial charge is 0.240 e. The molecule has 0 aliphatic carbocycles. The fourth-order valence-corrected chi connectivity index (χ4v) is 3.45. The molecule has 0 atom stereocenters. The van der Waals surface area contributed by atoms with Crippen LogP contribution in [0.3, 0.4) is 0 Å². The van der Waals surface area contributed by atoms with Gasteiger partial charge in [0.2, 0.25) is 10.0 Å². The van der Waals surface area contributed by atoms with Crippen molar-refractivity contribution in [1.29, 1.82) is 5.26 Å². The maximum Gasteiger partial charge on any atom is 0.240 e. The molecule has 2 rings (SSSR count). The topological polar surface area (TPSA) is 82.8 Å². The molecule has 0 saturated heterocycles. The van der Waals surface area contributed by atoms with Crippen molar-refractivity contribution < 1.29 is 8.42 Å². The molecular weight excluding hydrogens is 294 g/mol. The molecule has 20 heavy (non-hydrogen) atoms. The van der Waals surface area contributed by atoms with Crippen molar-refractivity contribution in [2.24, 2.45) is 0 Å². The predicted octanol–water partition coefficient (Wildman–Crippen LogP) is 2.00. The minimum absolute atomic E-state index is 0.195. The standard InChI is InChI=1S/C13H13N3O2S2/c1-10-15-8-12(19-10)9-16-20(17,18)13-4-2-11(3-5-13)6-7-14/h2-5,8,16H,6,9H2,1H3. The summed E-state index contributed by atoms with van der Waals surface area (Å²) in [6.45, 7) is 2.10. The van der Waals surface area contributed by atoms with E-state index < -0.39 is 10.0 Å². The van der Waals surface area contributed by atoms with E-state index in [0.29, 0.717) is 0 Å². The van der Waals surface area contributed by atoms with Gasteiger partial charge >= 0.3 is 0 Å². The van der Waals surface area contributed by atoms with Gasteiger partial charge < -0.3 is 0 Å². The van der Waals surface area contributed by atoms with E-state index in [4.69, 9.17) is 5.26 Å². The van der Waals surface area contributed by atoms with Crippen LogP contribution in [0.2, 0.25) is 0 Å². The van der Waals surface area contributed by atoms with E-state index in [9.17, 15) is 8.42 Å². The average molecular weight is 307 g/mol. The minimum atomic E-state index is -3.53. The molecule has 1 N–H and O–H groups in total. The zero-order valence-electron chi connectivity index (χ0n) is 10.8. The van der Waals surface area contributed by atoms with Crippen molar-refractivity contribution in [3.8, 4) is 6.07 Å². The third-order valence-corrected chi connectivity index (χ3v) is 4.95. The Hall–Kier alpha value is -1.75. The van der Waals surface area contributed by atoms with Crippen molar-refractivity contribution in [1.82, 2.24) is 9.71 Å². The largest absolute Gasteiger partial charge is 0.250 e. The van der Waals surface area contributed by atoms with Gasteiger partial charge in [0.05, 0.1) is 22.4 Å². The van der Waals surface area contributed by atoms with E-state index >= 15 is 0 Å². The fourth-order valence-electron chi connectivity index (χ4n) is 1.61. The number of hydrogen-bond donors (Lipinski definition) is 1. The zero-order valence-corrected chi connectivity index (χ0v) is 12.5. The van der Waals surface area contributed by atoms with Crippen LogP contribution in [0.25, 0.3) is 0 Å². The predicted molar refractivity (Wildman–Crippen MR) is 76.6 cm³/mol. The maximum absolute atomic E-state index is 12.1. The quantitative estimate of drug-likeness (QED) is 0.915. The monoisotopic (exact) mass is 307 g/mol. The average Bonchev–Trinajstić information content (AvgIpc) is 2.84. The van der Waals surface area contributed by atoms with Gasteiger partial charge in [-0.3, -0.25) is 0 Å². The first-order chi connectivity index (χ1) is 9.51. The highest BCUT2D eigenvalue weighted by Gasteiger charge is 2.14. The van der Waals surface area contributed by atoms with Crippen molar-refractivity contribution in [2.75, 3.05) is 0 Å². The fraction of sp³-hybridized carbons (Fsp3) is 0.231. The number of benzene rings is 1. The molecule has 104 valence electrons. The second-order valence-electron chi connectivity index (χ2n) is 4.15. The summed E-state index contributed by atoms with van der Waals surface area (Å²) in [4.78, 5) is 5.14. The van der Waals surface area contributed by atoms with Crippen LogP contribution < -0.4 is 4.72 Å². The summed E-state index contributed by atoms with van der Waals surface area (Å²) in [5.74, 6) is 0. The van der Waals surface area contributed by atoms with Crippen molar-refractivity contribution in [3.63, 3.8) is 0 Å². The molecule has 0 radical (unpaired) electrons. The number of nitrogens with zero attached hydrogens (tertiary/aromatic N) is 2. The third-order valence-electron chi connectivity index (χ3n) is 2.62. The summed E-state index contributed by atoms with van der Waals surface area (Å²) >= 11 is 1.46. The number of aryl methyl sites for hydroxylation is 1. The summed E-state index contributed by atoms with van der Waals surface area (Å²) in [7, 11) is -3.53. The summed E-state index contributed by atoms with van der Waals surface area (Å²) in [6, 6.07) is 8.33. The van der Waals surface area contributed by atoms with Gasteiger partial charge in [-0.25, -0.2) is 18.1 Å². The lowest BCUT2D eigenvalue weighted by Crippen LogP contribution is -2.22. The molecule has 2 aromatic rings. The van der Waals surface area contributed by atoms with Gasteiger partial charge in [0, 0.05) is 17.6 Å². The van der Waals surface area contributed by atoms with Crippen LogP contribution in [0.4, 0.5) is 0 Å². The molecule has 0 amide bonds. The number of thiazole rings is 1. The first kappa shape index (κ1) is 14.7.